The van der Waals surface area contributed by atoms with Crippen molar-refractivity contribution in [3.8, 4) is 11.1 Å². The summed E-state index contributed by atoms with van der Waals surface area (Å²) in [5.41, 5.74) is 2.26. The molecule has 2 heterocycles. The Morgan fingerprint density at radius 2 is 2.05 bits per heavy atom. The first kappa shape index (κ1) is 12.4. The molecular formula is C13H9FN2OS2. The molecule has 0 aliphatic rings. The van der Waals surface area contributed by atoms with Crippen LogP contribution in [0.5, 0.6) is 0 Å². The Hall–Kier alpha value is -1.66. The summed E-state index contributed by atoms with van der Waals surface area (Å²) >= 11 is 2.74. The van der Waals surface area contributed by atoms with Gasteiger partial charge in [0.05, 0.1) is 5.52 Å². The number of aromatic nitrogens is 2. The molecule has 1 N–H and O–H groups in total. The van der Waals surface area contributed by atoms with Gasteiger partial charge in [-0.3, -0.25) is 4.79 Å². The number of aromatic amines is 1. The molecule has 2 aromatic heterocycles. The second-order valence-corrected chi connectivity index (χ2v) is 5.58. The SMILES string of the molecule is CSc1nc2c(-c3ccc(F)cc3)csc2c(=O)[nH]1. The van der Waals surface area contributed by atoms with Crippen LogP contribution in [-0.4, -0.2) is 16.2 Å². The van der Waals surface area contributed by atoms with Gasteiger partial charge in [0.15, 0.2) is 5.16 Å². The predicted molar refractivity (Wildman–Crippen MR) is 77.4 cm³/mol. The van der Waals surface area contributed by atoms with Gasteiger partial charge in [-0.2, -0.15) is 0 Å². The molecule has 3 nitrogen and oxygen atoms in total. The molecule has 0 saturated heterocycles. The Labute approximate surface area is 116 Å². The van der Waals surface area contributed by atoms with Gasteiger partial charge in [-0.05, 0) is 24.0 Å². The third kappa shape index (κ3) is 2.17. The molecule has 0 fully saturated rings. The van der Waals surface area contributed by atoms with Crippen LogP contribution in [-0.2, 0) is 0 Å². The van der Waals surface area contributed by atoms with Crippen molar-refractivity contribution in [2.24, 2.45) is 0 Å². The number of rotatable bonds is 2. The minimum Gasteiger partial charge on any atom is -0.300 e. The van der Waals surface area contributed by atoms with Crippen LogP contribution in [0.3, 0.4) is 0 Å². The second kappa shape index (κ2) is 4.79. The summed E-state index contributed by atoms with van der Waals surface area (Å²) in [6, 6.07) is 6.19. The first-order chi connectivity index (χ1) is 9.19. The fourth-order valence-corrected chi connectivity index (χ4v) is 3.12. The van der Waals surface area contributed by atoms with Crippen LogP contribution in [0.15, 0.2) is 39.6 Å². The van der Waals surface area contributed by atoms with Crippen molar-refractivity contribution in [3.63, 3.8) is 0 Å². The Morgan fingerprint density at radius 3 is 2.74 bits per heavy atom. The summed E-state index contributed by atoms with van der Waals surface area (Å²) in [6.07, 6.45) is 1.86. The number of fused-ring (bicyclic) bond motifs is 1. The fraction of sp³-hybridized carbons (Fsp3) is 0.0769. The van der Waals surface area contributed by atoms with E-state index in [1.54, 1.807) is 12.1 Å². The molecule has 3 rings (SSSR count). The normalized spacial score (nSPS) is 11.1. The maximum absolute atomic E-state index is 13.0. The van der Waals surface area contributed by atoms with Gasteiger partial charge in [-0.25, -0.2) is 9.37 Å². The van der Waals surface area contributed by atoms with Crippen molar-refractivity contribution in [2.45, 2.75) is 5.16 Å². The highest BCUT2D eigenvalue weighted by Gasteiger charge is 2.12. The molecule has 0 amide bonds. The molecule has 1 aromatic carbocycles. The number of nitrogens with one attached hydrogen (secondary N) is 1. The first-order valence-corrected chi connectivity index (χ1v) is 7.61. The zero-order valence-electron chi connectivity index (χ0n) is 9.94. The summed E-state index contributed by atoms with van der Waals surface area (Å²) in [7, 11) is 0. The van der Waals surface area contributed by atoms with Crippen LogP contribution in [0.25, 0.3) is 21.3 Å². The minimum absolute atomic E-state index is 0.132. The first-order valence-electron chi connectivity index (χ1n) is 5.50. The van der Waals surface area contributed by atoms with Crippen LogP contribution in [0.2, 0.25) is 0 Å². The molecule has 0 saturated carbocycles. The van der Waals surface area contributed by atoms with E-state index in [1.807, 2.05) is 11.6 Å². The monoisotopic (exact) mass is 292 g/mol. The van der Waals surface area contributed by atoms with Crippen molar-refractivity contribution >= 4 is 33.3 Å². The Bertz CT molecular complexity index is 793. The quantitative estimate of drug-likeness (QED) is 0.580. The van der Waals surface area contributed by atoms with E-state index in [2.05, 4.69) is 9.97 Å². The highest BCUT2D eigenvalue weighted by Crippen LogP contribution is 2.31. The van der Waals surface area contributed by atoms with Gasteiger partial charge in [0.1, 0.15) is 10.5 Å². The number of H-pyrrole nitrogens is 1. The third-order valence-corrected chi connectivity index (χ3v) is 4.30. The number of nitrogens with zero attached hydrogens (tertiary/aromatic N) is 1. The maximum Gasteiger partial charge on any atom is 0.269 e. The average Bonchev–Trinajstić information content (AvgIpc) is 2.84. The standard InChI is InChI=1S/C13H9FN2OS2/c1-18-13-15-10-9(6-19-11(10)12(17)16-13)7-2-4-8(14)5-3-7/h2-6H,1H3,(H,15,16,17). The van der Waals surface area contributed by atoms with E-state index in [1.165, 1.54) is 35.2 Å². The summed E-state index contributed by atoms with van der Waals surface area (Å²) < 4.78 is 13.5. The maximum atomic E-state index is 13.0. The molecule has 0 atom stereocenters. The van der Waals surface area contributed by atoms with E-state index < -0.39 is 0 Å². The molecular weight excluding hydrogens is 283 g/mol. The molecule has 0 aliphatic carbocycles. The van der Waals surface area contributed by atoms with Gasteiger partial charge < -0.3 is 4.98 Å². The number of thioether (sulfide) groups is 1. The molecule has 0 aliphatic heterocycles. The number of thiophene rings is 1. The molecule has 0 bridgehead atoms. The van der Waals surface area contributed by atoms with E-state index in [-0.39, 0.29) is 11.4 Å². The lowest BCUT2D eigenvalue weighted by molar-refractivity contribution is 0.628. The highest BCUT2D eigenvalue weighted by atomic mass is 32.2. The van der Waals surface area contributed by atoms with Gasteiger partial charge in [0.25, 0.3) is 5.56 Å². The van der Waals surface area contributed by atoms with Crippen molar-refractivity contribution < 1.29 is 4.39 Å². The zero-order valence-corrected chi connectivity index (χ0v) is 11.6. The fourth-order valence-electron chi connectivity index (χ4n) is 1.84. The summed E-state index contributed by atoms with van der Waals surface area (Å²) in [5, 5.41) is 2.46. The zero-order chi connectivity index (χ0) is 13.4. The molecule has 0 unspecified atom stereocenters. The van der Waals surface area contributed by atoms with Gasteiger partial charge in [0, 0.05) is 10.9 Å². The minimum atomic E-state index is -0.279. The van der Waals surface area contributed by atoms with Gasteiger partial charge >= 0.3 is 0 Å². The molecule has 0 spiro atoms. The van der Waals surface area contributed by atoms with E-state index >= 15 is 0 Å². The van der Waals surface area contributed by atoms with E-state index in [0.29, 0.717) is 15.4 Å². The predicted octanol–water partition coefficient (Wildman–Crippen LogP) is 3.51. The van der Waals surface area contributed by atoms with Gasteiger partial charge in [-0.15, -0.1) is 11.3 Å². The lowest BCUT2D eigenvalue weighted by atomic mass is 10.1. The third-order valence-electron chi connectivity index (χ3n) is 2.75. The van der Waals surface area contributed by atoms with E-state index in [0.717, 1.165) is 11.1 Å². The smallest absolute Gasteiger partial charge is 0.269 e. The van der Waals surface area contributed by atoms with Crippen molar-refractivity contribution in [2.75, 3.05) is 6.26 Å². The van der Waals surface area contributed by atoms with E-state index in [4.69, 9.17) is 0 Å². The molecule has 0 radical (unpaired) electrons. The largest absolute Gasteiger partial charge is 0.300 e. The van der Waals surface area contributed by atoms with Gasteiger partial charge in [-0.1, -0.05) is 23.9 Å². The Morgan fingerprint density at radius 1 is 1.32 bits per heavy atom. The second-order valence-electron chi connectivity index (χ2n) is 3.91. The van der Waals surface area contributed by atoms with Crippen LogP contribution in [0.4, 0.5) is 4.39 Å². The van der Waals surface area contributed by atoms with Crippen LogP contribution < -0.4 is 5.56 Å². The lowest BCUT2D eigenvalue weighted by Gasteiger charge is -2.00. The molecule has 96 valence electrons. The van der Waals surface area contributed by atoms with Gasteiger partial charge in [0.2, 0.25) is 0 Å². The van der Waals surface area contributed by atoms with Crippen molar-refractivity contribution in [1.82, 2.24) is 9.97 Å². The molecule has 6 heteroatoms. The van der Waals surface area contributed by atoms with Crippen molar-refractivity contribution in [3.05, 3.63) is 45.8 Å². The summed E-state index contributed by atoms with van der Waals surface area (Å²) in [6.45, 7) is 0. The highest BCUT2D eigenvalue weighted by molar-refractivity contribution is 7.98. The van der Waals surface area contributed by atoms with Crippen LogP contribution in [0, 0.1) is 5.82 Å². The van der Waals surface area contributed by atoms with Crippen molar-refractivity contribution in [1.29, 1.82) is 0 Å². The lowest BCUT2D eigenvalue weighted by Crippen LogP contribution is -2.07. The number of hydrogen-bond acceptors (Lipinski definition) is 4. The molecule has 19 heavy (non-hydrogen) atoms. The summed E-state index contributed by atoms with van der Waals surface area (Å²) in [5.74, 6) is -0.279. The number of benzene rings is 1. The molecule has 3 aromatic rings. The Balaban J connectivity index is 2.27. The topological polar surface area (TPSA) is 45.8 Å². The Kier molecular flexibility index (Phi) is 3.12. The number of halogens is 1. The van der Waals surface area contributed by atoms with E-state index in [9.17, 15) is 9.18 Å². The van der Waals surface area contributed by atoms with Crippen LogP contribution >= 0.6 is 23.1 Å². The summed E-state index contributed by atoms with van der Waals surface area (Å²) in [4.78, 5) is 19.1. The number of hydrogen-bond donors (Lipinski definition) is 1. The van der Waals surface area contributed by atoms with Crippen LogP contribution in [0.1, 0.15) is 0 Å². The average molecular weight is 292 g/mol.